The molecule has 6 nitrogen and oxygen atoms in total. The van der Waals surface area contributed by atoms with Crippen LogP contribution >= 0.6 is 0 Å². The minimum absolute atomic E-state index is 0.0131. The van der Waals surface area contributed by atoms with E-state index >= 15 is 0 Å². The molecule has 156 valence electrons. The highest BCUT2D eigenvalue weighted by Gasteiger charge is 2.39. The molecule has 3 amide bonds. The third kappa shape index (κ3) is 3.77. The summed E-state index contributed by atoms with van der Waals surface area (Å²) in [6.07, 6.45) is 0.0293. The molecule has 4 rings (SSSR count). The van der Waals surface area contributed by atoms with Crippen LogP contribution in [0.5, 0.6) is 0 Å². The predicted molar refractivity (Wildman–Crippen MR) is 106 cm³/mol. The zero-order valence-corrected chi connectivity index (χ0v) is 16.3. The Hall–Kier alpha value is -3.29. The summed E-state index contributed by atoms with van der Waals surface area (Å²) in [5, 5.41) is 0. The van der Waals surface area contributed by atoms with E-state index in [4.69, 9.17) is 0 Å². The zero-order valence-electron chi connectivity index (χ0n) is 16.3. The van der Waals surface area contributed by atoms with E-state index in [9.17, 15) is 23.2 Å². The van der Waals surface area contributed by atoms with Crippen molar-refractivity contribution in [1.82, 2.24) is 9.80 Å². The summed E-state index contributed by atoms with van der Waals surface area (Å²) in [6, 6.07) is 11.8. The Kier molecular flexibility index (Phi) is 5.48. The summed E-state index contributed by atoms with van der Waals surface area (Å²) in [6.45, 7) is 1.33. The summed E-state index contributed by atoms with van der Waals surface area (Å²) in [4.78, 5) is 42.2. The van der Waals surface area contributed by atoms with Crippen molar-refractivity contribution in [3.8, 4) is 0 Å². The summed E-state index contributed by atoms with van der Waals surface area (Å²) in [5.41, 5.74) is 0.192. The highest BCUT2D eigenvalue weighted by molar-refractivity contribution is 6.00. The minimum atomic E-state index is -0.571. The number of anilines is 1. The molecule has 2 heterocycles. The Morgan fingerprint density at radius 1 is 0.833 bits per heavy atom. The van der Waals surface area contributed by atoms with Gasteiger partial charge in [0.1, 0.15) is 11.6 Å². The van der Waals surface area contributed by atoms with Gasteiger partial charge in [-0.05, 0) is 24.3 Å². The second-order valence-electron chi connectivity index (χ2n) is 7.45. The van der Waals surface area contributed by atoms with E-state index in [-0.39, 0.29) is 49.1 Å². The van der Waals surface area contributed by atoms with E-state index in [0.29, 0.717) is 13.1 Å². The first-order valence-electron chi connectivity index (χ1n) is 9.83. The van der Waals surface area contributed by atoms with Gasteiger partial charge in [0.05, 0.1) is 17.2 Å². The van der Waals surface area contributed by atoms with Crippen LogP contribution in [0.4, 0.5) is 14.5 Å². The number of hydrogen-bond donors (Lipinski definition) is 0. The standard InChI is InChI=1S/C22H21F2N3O3/c23-17-6-2-1-5-16(17)22(30)26-11-9-25(10-12-26)21(29)15-13-20(28)27(14-15)19-8-4-3-7-18(19)24/h1-8,15H,9-14H2/t15-/m0/s1. The van der Waals surface area contributed by atoms with Crippen LogP contribution in [0.3, 0.4) is 0 Å². The van der Waals surface area contributed by atoms with Gasteiger partial charge in [-0.25, -0.2) is 8.78 Å². The first kappa shape index (κ1) is 20.0. The Morgan fingerprint density at radius 2 is 1.43 bits per heavy atom. The van der Waals surface area contributed by atoms with E-state index in [2.05, 4.69) is 0 Å². The molecule has 0 bridgehead atoms. The third-order valence-corrected chi connectivity index (χ3v) is 5.60. The molecular formula is C22H21F2N3O3. The Balaban J connectivity index is 1.37. The van der Waals surface area contributed by atoms with Crippen molar-refractivity contribution in [1.29, 1.82) is 0 Å². The number of nitrogens with zero attached hydrogens (tertiary/aromatic N) is 3. The van der Waals surface area contributed by atoms with Crippen LogP contribution in [-0.2, 0) is 9.59 Å². The summed E-state index contributed by atoms with van der Waals surface area (Å²) >= 11 is 0. The quantitative estimate of drug-likeness (QED) is 0.776. The van der Waals surface area contributed by atoms with Gasteiger partial charge >= 0.3 is 0 Å². The van der Waals surface area contributed by atoms with Crippen LogP contribution in [0.25, 0.3) is 0 Å². The van der Waals surface area contributed by atoms with Crippen molar-refractivity contribution >= 4 is 23.4 Å². The highest BCUT2D eigenvalue weighted by atomic mass is 19.1. The van der Waals surface area contributed by atoms with Gasteiger partial charge in [-0.3, -0.25) is 14.4 Å². The van der Waals surface area contributed by atoms with Gasteiger partial charge in [-0.2, -0.15) is 0 Å². The minimum Gasteiger partial charge on any atom is -0.339 e. The molecular weight excluding hydrogens is 392 g/mol. The second kappa shape index (κ2) is 8.22. The molecule has 0 radical (unpaired) electrons. The molecule has 2 saturated heterocycles. The zero-order chi connectivity index (χ0) is 21.3. The van der Waals surface area contributed by atoms with Crippen LogP contribution in [-0.4, -0.2) is 60.2 Å². The Morgan fingerprint density at radius 3 is 2.10 bits per heavy atom. The molecule has 2 fully saturated rings. The van der Waals surface area contributed by atoms with Gasteiger partial charge in [0, 0.05) is 39.1 Å². The summed E-state index contributed by atoms with van der Waals surface area (Å²) < 4.78 is 27.9. The molecule has 2 aliphatic heterocycles. The van der Waals surface area contributed by atoms with E-state index in [1.165, 1.54) is 40.1 Å². The smallest absolute Gasteiger partial charge is 0.256 e. The van der Waals surface area contributed by atoms with Crippen molar-refractivity contribution in [2.24, 2.45) is 5.92 Å². The molecule has 1 atom stereocenters. The number of piperazine rings is 1. The van der Waals surface area contributed by atoms with Gasteiger partial charge in [0.25, 0.3) is 5.91 Å². The van der Waals surface area contributed by atoms with Gasteiger partial charge < -0.3 is 14.7 Å². The fourth-order valence-electron chi connectivity index (χ4n) is 3.97. The number of benzene rings is 2. The molecule has 30 heavy (non-hydrogen) atoms. The molecule has 2 aliphatic rings. The van der Waals surface area contributed by atoms with Crippen molar-refractivity contribution < 1.29 is 23.2 Å². The predicted octanol–water partition coefficient (Wildman–Crippen LogP) is 2.30. The van der Waals surface area contributed by atoms with E-state index in [0.717, 1.165) is 0 Å². The molecule has 0 aromatic heterocycles. The number of rotatable bonds is 3. The molecule has 0 N–H and O–H groups in total. The van der Waals surface area contributed by atoms with Crippen LogP contribution in [0.2, 0.25) is 0 Å². The monoisotopic (exact) mass is 413 g/mol. The second-order valence-corrected chi connectivity index (χ2v) is 7.45. The third-order valence-electron chi connectivity index (χ3n) is 5.60. The topological polar surface area (TPSA) is 60.9 Å². The molecule has 0 unspecified atom stereocenters. The van der Waals surface area contributed by atoms with Crippen molar-refractivity contribution in [2.75, 3.05) is 37.6 Å². The van der Waals surface area contributed by atoms with Crippen LogP contribution < -0.4 is 4.90 Å². The van der Waals surface area contributed by atoms with Crippen LogP contribution in [0.1, 0.15) is 16.8 Å². The number of halogens is 2. The Labute approximate surface area is 172 Å². The molecule has 0 saturated carbocycles. The molecule has 2 aromatic rings. The van der Waals surface area contributed by atoms with E-state index in [1.807, 2.05) is 0 Å². The lowest BCUT2D eigenvalue weighted by molar-refractivity contribution is -0.137. The average molecular weight is 413 g/mol. The highest BCUT2D eigenvalue weighted by Crippen LogP contribution is 2.28. The molecule has 0 aliphatic carbocycles. The lowest BCUT2D eigenvalue weighted by Crippen LogP contribution is -2.52. The summed E-state index contributed by atoms with van der Waals surface area (Å²) in [7, 11) is 0. The number of para-hydroxylation sites is 1. The van der Waals surface area contributed by atoms with Gasteiger partial charge in [-0.15, -0.1) is 0 Å². The number of carbonyl (C=O) groups is 3. The molecule has 0 spiro atoms. The molecule has 2 aromatic carbocycles. The first-order chi connectivity index (χ1) is 14.5. The van der Waals surface area contributed by atoms with Crippen molar-refractivity contribution in [2.45, 2.75) is 6.42 Å². The van der Waals surface area contributed by atoms with Gasteiger partial charge in [0.15, 0.2) is 0 Å². The van der Waals surface area contributed by atoms with E-state index in [1.54, 1.807) is 23.1 Å². The number of carbonyl (C=O) groups excluding carboxylic acids is 3. The number of amides is 3. The maximum Gasteiger partial charge on any atom is 0.256 e. The number of hydrogen-bond acceptors (Lipinski definition) is 3. The normalized spacial score (nSPS) is 19.3. The fraction of sp³-hybridized carbons (Fsp3) is 0.318. The van der Waals surface area contributed by atoms with Gasteiger partial charge in [0.2, 0.25) is 11.8 Å². The van der Waals surface area contributed by atoms with Crippen LogP contribution in [0, 0.1) is 17.6 Å². The van der Waals surface area contributed by atoms with E-state index < -0.39 is 23.5 Å². The average Bonchev–Trinajstić information content (AvgIpc) is 3.15. The summed E-state index contributed by atoms with van der Waals surface area (Å²) in [5.74, 6) is -2.49. The first-order valence-corrected chi connectivity index (χ1v) is 9.83. The lowest BCUT2D eigenvalue weighted by atomic mass is 10.1. The SMILES string of the molecule is O=C(c1ccccc1F)N1CCN(C(=O)[C@H]2CC(=O)N(c3ccccc3F)C2)CC1. The van der Waals surface area contributed by atoms with Gasteiger partial charge in [-0.1, -0.05) is 24.3 Å². The molecule has 8 heteroatoms. The van der Waals surface area contributed by atoms with Crippen molar-refractivity contribution in [3.63, 3.8) is 0 Å². The fourth-order valence-corrected chi connectivity index (χ4v) is 3.97. The maximum absolute atomic E-state index is 14.0. The lowest BCUT2D eigenvalue weighted by Gasteiger charge is -2.36. The van der Waals surface area contributed by atoms with Crippen molar-refractivity contribution in [3.05, 3.63) is 65.7 Å². The largest absolute Gasteiger partial charge is 0.339 e. The Bertz CT molecular complexity index is 989. The van der Waals surface area contributed by atoms with Crippen LogP contribution in [0.15, 0.2) is 48.5 Å². The maximum atomic E-state index is 14.0.